The molecule has 2 aromatic rings. The first-order valence-corrected chi connectivity index (χ1v) is 8.72. The van der Waals surface area contributed by atoms with Crippen molar-refractivity contribution in [1.82, 2.24) is 14.9 Å². The first kappa shape index (κ1) is 17.4. The van der Waals surface area contributed by atoms with Crippen LogP contribution in [0.15, 0.2) is 36.7 Å². The summed E-state index contributed by atoms with van der Waals surface area (Å²) in [6.45, 7) is 8.42. The smallest absolute Gasteiger partial charge is 0.277 e. The molecule has 1 aliphatic heterocycles. The second-order valence-electron chi connectivity index (χ2n) is 6.44. The van der Waals surface area contributed by atoms with Crippen LogP contribution in [-0.4, -0.2) is 60.5 Å². The fourth-order valence-electron chi connectivity index (χ4n) is 3.05. The van der Waals surface area contributed by atoms with Crippen LogP contribution < -0.4 is 9.80 Å². The van der Waals surface area contributed by atoms with Crippen LogP contribution in [0.3, 0.4) is 0 Å². The lowest BCUT2D eigenvalue weighted by Gasteiger charge is -2.33. The summed E-state index contributed by atoms with van der Waals surface area (Å²) in [4.78, 5) is 27.8. The Bertz CT molecular complexity index is 740. The Morgan fingerprint density at radius 2 is 1.92 bits per heavy atom. The zero-order chi connectivity index (χ0) is 17.8. The number of amides is 1. The minimum Gasteiger partial charge on any atom is -0.354 e. The number of anilines is 2. The summed E-state index contributed by atoms with van der Waals surface area (Å²) in [7, 11) is 2.12. The SMILES string of the molecule is CCN(C(=O)c1cc(N2CCN(C)CC2)ncn1)c1cccc(C)c1. The van der Waals surface area contributed by atoms with Gasteiger partial charge in [-0.05, 0) is 38.6 Å². The molecule has 3 rings (SSSR count). The first-order chi connectivity index (χ1) is 12.1. The van der Waals surface area contributed by atoms with Gasteiger partial charge in [-0.2, -0.15) is 0 Å². The number of hydrogen-bond acceptors (Lipinski definition) is 5. The molecule has 1 saturated heterocycles. The van der Waals surface area contributed by atoms with E-state index in [2.05, 4.69) is 26.8 Å². The average Bonchev–Trinajstić information content (AvgIpc) is 2.63. The van der Waals surface area contributed by atoms with Gasteiger partial charge in [0.25, 0.3) is 5.91 Å². The van der Waals surface area contributed by atoms with Gasteiger partial charge in [0, 0.05) is 44.5 Å². The van der Waals surface area contributed by atoms with Crippen molar-refractivity contribution in [3.05, 3.63) is 47.9 Å². The number of hydrogen-bond donors (Lipinski definition) is 0. The van der Waals surface area contributed by atoms with E-state index in [4.69, 9.17) is 0 Å². The molecule has 1 fully saturated rings. The number of likely N-dealkylation sites (N-methyl/N-ethyl adjacent to an activating group) is 1. The van der Waals surface area contributed by atoms with Crippen LogP contribution in [0.2, 0.25) is 0 Å². The van der Waals surface area contributed by atoms with Gasteiger partial charge < -0.3 is 14.7 Å². The molecule has 132 valence electrons. The van der Waals surface area contributed by atoms with Crippen molar-refractivity contribution in [1.29, 1.82) is 0 Å². The number of piperazine rings is 1. The Balaban J connectivity index is 1.83. The summed E-state index contributed by atoms with van der Waals surface area (Å²) in [5.74, 6) is 0.734. The van der Waals surface area contributed by atoms with E-state index in [0.717, 1.165) is 43.2 Å². The predicted molar refractivity (Wildman–Crippen MR) is 100 cm³/mol. The van der Waals surface area contributed by atoms with Gasteiger partial charge in [-0.15, -0.1) is 0 Å². The Labute approximate surface area is 149 Å². The van der Waals surface area contributed by atoms with Gasteiger partial charge in [0.1, 0.15) is 17.8 Å². The molecule has 1 amide bonds. The van der Waals surface area contributed by atoms with E-state index in [9.17, 15) is 4.79 Å². The van der Waals surface area contributed by atoms with E-state index >= 15 is 0 Å². The zero-order valence-corrected chi connectivity index (χ0v) is 15.1. The Kier molecular flexibility index (Phi) is 5.28. The van der Waals surface area contributed by atoms with Crippen molar-refractivity contribution in [3.63, 3.8) is 0 Å². The molecular weight excluding hydrogens is 314 g/mol. The Morgan fingerprint density at radius 3 is 2.60 bits per heavy atom. The normalized spacial score (nSPS) is 15.2. The van der Waals surface area contributed by atoms with Crippen molar-refractivity contribution in [3.8, 4) is 0 Å². The molecule has 1 aromatic heterocycles. The molecule has 0 atom stereocenters. The molecule has 0 bridgehead atoms. The highest BCUT2D eigenvalue weighted by Crippen LogP contribution is 2.20. The van der Waals surface area contributed by atoms with Gasteiger partial charge in [0.05, 0.1) is 0 Å². The second kappa shape index (κ2) is 7.61. The predicted octanol–water partition coefficient (Wildman–Crippen LogP) is 2.20. The van der Waals surface area contributed by atoms with Crippen LogP contribution in [0.4, 0.5) is 11.5 Å². The molecule has 0 radical (unpaired) electrons. The summed E-state index contributed by atoms with van der Waals surface area (Å²) in [5, 5.41) is 0. The van der Waals surface area contributed by atoms with E-state index in [1.807, 2.05) is 44.2 Å². The van der Waals surface area contributed by atoms with Crippen LogP contribution in [-0.2, 0) is 0 Å². The van der Waals surface area contributed by atoms with Crippen molar-refractivity contribution >= 4 is 17.4 Å². The molecule has 0 N–H and O–H groups in total. The highest BCUT2D eigenvalue weighted by molar-refractivity contribution is 6.05. The summed E-state index contributed by atoms with van der Waals surface area (Å²) in [5.41, 5.74) is 2.46. The van der Waals surface area contributed by atoms with Crippen molar-refractivity contribution in [2.45, 2.75) is 13.8 Å². The number of nitrogens with zero attached hydrogens (tertiary/aromatic N) is 5. The third-order valence-corrected chi connectivity index (χ3v) is 4.57. The fourth-order valence-corrected chi connectivity index (χ4v) is 3.05. The topological polar surface area (TPSA) is 52.6 Å². The van der Waals surface area contributed by atoms with Crippen LogP contribution in [0.5, 0.6) is 0 Å². The minimum absolute atomic E-state index is 0.0918. The highest BCUT2D eigenvalue weighted by atomic mass is 16.2. The van der Waals surface area contributed by atoms with Gasteiger partial charge >= 0.3 is 0 Å². The monoisotopic (exact) mass is 339 g/mol. The maximum atomic E-state index is 13.0. The average molecular weight is 339 g/mol. The molecule has 1 aliphatic rings. The Morgan fingerprint density at radius 1 is 1.16 bits per heavy atom. The molecule has 2 heterocycles. The van der Waals surface area contributed by atoms with Crippen LogP contribution in [0.25, 0.3) is 0 Å². The molecule has 0 spiro atoms. The molecule has 0 saturated carbocycles. The number of carbonyl (C=O) groups excluding carboxylic acids is 1. The van der Waals surface area contributed by atoms with E-state index in [1.54, 1.807) is 4.90 Å². The lowest BCUT2D eigenvalue weighted by atomic mass is 10.2. The van der Waals surface area contributed by atoms with Crippen molar-refractivity contribution < 1.29 is 4.79 Å². The highest BCUT2D eigenvalue weighted by Gasteiger charge is 2.21. The quantitative estimate of drug-likeness (QED) is 0.855. The van der Waals surface area contributed by atoms with E-state index < -0.39 is 0 Å². The number of carbonyl (C=O) groups is 1. The van der Waals surface area contributed by atoms with E-state index in [1.165, 1.54) is 6.33 Å². The lowest BCUT2D eigenvalue weighted by Crippen LogP contribution is -2.45. The van der Waals surface area contributed by atoms with Crippen LogP contribution in [0.1, 0.15) is 23.0 Å². The third-order valence-electron chi connectivity index (χ3n) is 4.57. The molecule has 0 unspecified atom stereocenters. The number of aromatic nitrogens is 2. The van der Waals surface area contributed by atoms with Gasteiger partial charge in [0.2, 0.25) is 0 Å². The van der Waals surface area contributed by atoms with Crippen LogP contribution >= 0.6 is 0 Å². The summed E-state index contributed by atoms with van der Waals surface area (Å²) >= 11 is 0. The third kappa shape index (κ3) is 3.96. The number of rotatable bonds is 4. The molecule has 6 nitrogen and oxygen atoms in total. The Hall–Kier alpha value is -2.47. The van der Waals surface area contributed by atoms with Gasteiger partial charge in [-0.25, -0.2) is 9.97 Å². The summed E-state index contributed by atoms with van der Waals surface area (Å²) in [6, 6.07) is 9.78. The van der Waals surface area contributed by atoms with E-state index in [-0.39, 0.29) is 5.91 Å². The second-order valence-corrected chi connectivity index (χ2v) is 6.44. The minimum atomic E-state index is -0.0918. The van der Waals surface area contributed by atoms with Crippen LogP contribution in [0, 0.1) is 6.92 Å². The van der Waals surface area contributed by atoms with Crippen molar-refractivity contribution in [2.75, 3.05) is 49.6 Å². The maximum absolute atomic E-state index is 13.0. The van der Waals surface area contributed by atoms with Gasteiger partial charge in [0.15, 0.2) is 0 Å². The molecule has 1 aromatic carbocycles. The molecular formula is C19H25N5O. The fraction of sp³-hybridized carbons (Fsp3) is 0.421. The largest absolute Gasteiger partial charge is 0.354 e. The first-order valence-electron chi connectivity index (χ1n) is 8.72. The van der Waals surface area contributed by atoms with Gasteiger partial charge in [-0.3, -0.25) is 4.79 Å². The number of benzene rings is 1. The van der Waals surface area contributed by atoms with Crippen molar-refractivity contribution in [2.24, 2.45) is 0 Å². The number of aryl methyl sites for hydroxylation is 1. The maximum Gasteiger partial charge on any atom is 0.277 e. The zero-order valence-electron chi connectivity index (χ0n) is 15.1. The molecule has 0 aliphatic carbocycles. The summed E-state index contributed by atoms with van der Waals surface area (Å²) in [6.07, 6.45) is 1.49. The molecule has 25 heavy (non-hydrogen) atoms. The standard InChI is InChI=1S/C19H25N5O/c1-4-24(16-7-5-6-15(2)12-16)19(25)17-13-18(21-14-20-17)23-10-8-22(3)9-11-23/h5-7,12-14H,4,8-11H2,1-3H3. The van der Waals surface area contributed by atoms with E-state index in [0.29, 0.717) is 12.2 Å². The lowest BCUT2D eigenvalue weighted by molar-refractivity contribution is 0.0983. The molecule has 6 heteroatoms. The summed E-state index contributed by atoms with van der Waals surface area (Å²) < 4.78 is 0. The van der Waals surface area contributed by atoms with Gasteiger partial charge in [-0.1, -0.05) is 12.1 Å².